The predicted molar refractivity (Wildman–Crippen MR) is 104 cm³/mol. The molecule has 0 aromatic carbocycles. The SMILES string of the molecule is CCn1ccnc1CN(CC1CCSC1)C1CC12CCNCC2.Cl. The number of aryl methyl sites for hydroxylation is 1. The topological polar surface area (TPSA) is 33.1 Å². The van der Waals surface area contributed by atoms with Crippen molar-refractivity contribution in [2.75, 3.05) is 31.1 Å². The second kappa shape index (κ2) is 7.98. The third-order valence-corrected chi connectivity index (χ3v) is 7.42. The number of aromatic nitrogens is 2. The van der Waals surface area contributed by atoms with Crippen LogP contribution in [0.15, 0.2) is 12.4 Å². The van der Waals surface area contributed by atoms with Gasteiger partial charge in [0.2, 0.25) is 0 Å². The third-order valence-electron chi connectivity index (χ3n) is 6.19. The number of hydrogen-bond donors (Lipinski definition) is 1. The van der Waals surface area contributed by atoms with Crippen molar-refractivity contribution in [3.05, 3.63) is 18.2 Å². The van der Waals surface area contributed by atoms with Gasteiger partial charge in [0.05, 0.1) is 6.54 Å². The molecule has 4 rings (SSSR count). The quantitative estimate of drug-likeness (QED) is 0.834. The predicted octanol–water partition coefficient (Wildman–Crippen LogP) is 3.02. The molecule has 0 amide bonds. The van der Waals surface area contributed by atoms with E-state index in [0.717, 1.165) is 25.0 Å². The average Bonchev–Trinajstić information content (AvgIpc) is 2.99. The minimum absolute atomic E-state index is 0. The normalized spacial score (nSPS) is 28.2. The summed E-state index contributed by atoms with van der Waals surface area (Å²) in [6.45, 7) is 8.00. The van der Waals surface area contributed by atoms with Gasteiger partial charge in [0, 0.05) is 31.5 Å². The summed E-state index contributed by atoms with van der Waals surface area (Å²) in [7, 11) is 0. The largest absolute Gasteiger partial charge is 0.334 e. The zero-order valence-electron chi connectivity index (χ0n) is 14.7. The lowest BCUT2D eigenvalue weighted by molar-refractivity contribution is 0.169. The number of nitrogens with one attached hydrogen (secondary N) is 1. The van der Waals surface area contributed by atoms with Crippen LogP contribution >= 0.6 is 24.2 Å². The lowest BCUT2D eigenvalue weighted by atomic mass is 9.93. The van der Waals surface area contributed by atoms with Crippen LogP contribution in [0.2, 0.25) is 0 Å². The number of imidazole rings is 1. The molecule has 0 bridgehead atoms. The summed E-state index contributed by atoms with van der Waals surface area (Å²) in [5.74, 6) is 4.88. The van der Waals surface area contributed by atoms with Gasteiger partial charge in [-0.05, 0) is 68.5 Å². The highest BCUT2D eigenvalue weighted by Gasteiger charge is 2.56. The fourth-order valence-electron chi connectivity index (χ4n) is 4.63. The van der Waals surface area contributed by atoms with E-state index in [-0.39, 0.29) is 12.4 Å². The van der Waals surface area contributed by atoms with Gasteiger partial charge < -0.3 is 9.88 Å². The van der Waals surface area contributed by atoms with Crippen molar-refractivity contribution in [1.82, 2.24) is 19.8 Å². The fraction of sp³-hybridized carbons (Fsp3) is 0.833. The fourth-order valence-corrected chi connectivity index (χ4v) is 5.90. The number of piperidine rings is 1. The first-order valence-electron chi connectivity index (χ1n) is 9.33. The first kappa shape index (κ1) is 18.6. The van der Waals surface area contributed by atoms with Crippen molar-refractivity contribution in [2.45, 2.75) is 51.7 Å². The molecule has 1 N–H and O–H groups in total. The van der Waals surface area contributed by atoms with Crippen LogP contribution in [0.5, 0.6) is 0 Å². The molecular weight excluding hydrogens is 340 g/mol. The summed E-state index contributed by atoms with van der Waals surface area (Å²) in [5, 5.41) is 3.54. The van der Waals surface area contributed by atoms with E-state index in [2.05, 4.69) is 44.7 Å². The van der Waals surface area contributed by atoms with Gasteiger partial charge in [0.15, 0.2) is 0 Å². The van der Waals surface area contributed by atoms with E-state index in [4.69, 9.17) is 0 Å². The summed E-state index contributed by atoms with van der Waals surface area (Å²) in [4.78, 5) is 7.45. The Labute approximate surface area is 156 Å². The molecule has 3 heterocycles. The van der Waals surface area contributed by atoms with E-state index < -0.39 is 0 Å². The Kier molecular flexibility index (Phi) is 6.17. The van der Waals surface area contributed by atoms with Gasteiger partial charge in [-0.15, -0.1) is 12.4 Å². The average molecular weight is 371 g/mol. The first-order valence-corrected chi connectivity index (χ1v) is 10.5. The Morgan fingerprint density at radius 2 is 2.25 bits per heavy atom. The molecule has 1 aromatic heterocycles. The molecule has 2 aliphatic heterocycles. The van der Waals surface area contributed by atoms with E-state index in [1.165, 1.54) is 62.6 Å². The van der Waals surface area contributed by atoms with Crippen molar-refractivity contribution >= 4 is 24.2 Å². The van der Waals surface area contributed by atoms with Gasteiger partial charge in [0.25, 0.3) is 0 Å². The Hall–Kier alpha value is -0.230. The van der Waals surface area contributed by atoms with E-state index >= 15 is 0 Å². The number of thioether (sulfide) groups is 1. The van der Waals surface area contributed by atoms with E-state index in [0.29, 0.717) is 5.41 Å². The van der Waals surface area contributed by atoms with E-state index in [1.807, 2.05) is 6.20 Å². The highest BCUT2D eigenvalue weighted by atomic mass is 35.5. The zero-order chi connectivity index (χ0) is 15.7. The van der Waals surface area contributed by atoms with Crippen LogP contribution in [-0.4, -0.2) is 51.6 Å². The smallest absolute Gasteiger partial charge is 0.122 e. The minimum Gasteiger partial charge on any atom is -0.334 e. The van der Waals surface area contributed by atoms with Gasteiger partial charge >= 0.3 is 0 Å². The molecule has 2 atom stereocenters. The molecule has 1 aliphatic carbocycles. The Morgan fingerprint density at radius 3 is 2.96 bits per heavy atom. The van der Waals surface area contributed by atoms with Gasteiger partial charge in [-0.2, -0.15) is 11.8 Å². The summed E-state index contributed by atoms with van der Waals surface area (Å²) >= 11 is 2.14. The molecule has 1 saturated carbocycles. The molecule has 2 unspecified atom stereocenters. The van der Waals surface area contributed by atoms with Crippen LogP contribution in [0.3, 0.4) is 0 Å². The molecule has 24 heavy (non-hydrogen) atoms. The molecule has 3 fully saturated rings. The molecule has 136 valence electrons. The summed E-state index contributed by atoms with van der Waals surface area (Å²) in [6, 6.07) is 0.803. The molecule has 0 radical (unpaired) electrons. The van der Waals surface area contributed by atoms with Crippen LogP contribution in [0.4, 0.5) is 0 Å². The summed E-state index contributed by atoms with van der Waals surface area (Å²) in [6.07, 6.45) is 9.67. The second-order valence-corrected chi connectivity index (χ2v) is 8.77. The van der Waals surface area contributed by atoms with Gasteiger partial charge in [-0.3, -0.25) is 4.90 Å². The highest BCUT2D eigenvalue weighted by Crippen LogP contribution is 2.56. The Morgan fingerprint density at radius 1 is 1.42 bits per heavy atom. The number of rotatable bonds is 6. The minimum atomic E-state index is 0. The van der Waals surface area contributed by atoms with Crippen LogP contribution in [0, 0.1) is 11.3 Å². The third kappa shape index (κ3) is 3.79. The van der Waals surface area contributed by atoms with Gasteiger partial charge in [-0.1, -0.05) is 0 Å². The van der Waals surface area contributed by atoms with E-state index in [1.54, 1.807) is 0 Å². The maximum Gasteiger partial charge on any atom is 0.122 e. The molecule has 3 aliphatic rings. The second-order valence-electron chi connectivity index (χ2n) is 7.62. The van der Waals surface area contributed by atoms with Crippen LogP contribution < -0.4 is 5.32 Å². The molecule has 1 aromatic rings. The van der Waals surface area contributed by atoms with Gasteiger partial charge in [-0.25, -0.2) is 4.98 Å². The molecule has 1 spiro atoms. The Balaban J connectivity index is 0.00000169. The molecule has 4 nitrogen and oxygen atoms in total. The summed E-state index contributed by atoms with van der Waals surface area (Å²) < 4.78 is 2.31. The Bertz CT molecular complexity index is 523. The maximum absolute atomic E-state index is 4.65. The standard InChI is InChI=1S/C18H30N4S.ClH/c1-2-21-9-8-20-17(21)13-22(12-15-3-10-23-14-15)16-11-18(16)4-6-19-7-5-18;/h8-9,15-16,19H,2-7,10-14H2,1H3;1H. The zero-order valence-corrected chi connectivity index (χ0v) is 16.4. The van der Waals surface area contributed by atoms with Crippen molar-refractivity contribution in [3.63, 3.8) is 0 Å². The maximum atomic E-state index is 4.65. The highest BCUT2D eigenvalue weighted by molar-refractivity contribution is 7.99. The molecular formula is C18H31ClN4S. The van der Waals surface area contributed by atoms with Crippen LogP contribution in [0.1, 0.15) is 38.4 Å². The van der Waals surface area contributed by atoms with Crippen LogP contribution in [0.25, 0.3) is 0 Å². The first-order chi connectivity index (χ1) is 11.3. The lowest BCUT2D eigenvalue weighted by Crippen LogP contribution is -2.38. The number of halogens is 1. The van der Waals surface area contributed by atoms with Crippen molar-refractivity contribution < 1.29 is 0 Å². The van der Waals surface area contributed by atoms with Crippen molar-refractivity contribution in [3.8, 4) is 0 Å². The number of nitrogens with zero attached hydrogens (tertiary/aromatic N) is 3. The molecule has 2 saturated heterocycles. The van der Waals surface area contributed by atoms with Crippen molar-refractivity contribution in [1.29, 1.82) is 0 Å². The number of hydrogen-bond acceptors (Lipinski definition) is 4. The summed E-state index contributed by atoms with van der Waals surface area (Å²) in [5.41, 5.74) is 0.626. The lowest BCUT2D eigenvalue weighted by Gasteiger charge is -2.31. The van der Waals surface area contributed by atoms with Crippen molar-refractivity contribution in [2.24, 2.45) is 11.3 Å². The van der Waals surface area contributed by atoms with Gasteiger partial charge in [0.1, 0.15) is 5.82 Å². The molecule has 6 heteroatoms. The monoisotopic (exact) mass is 370 g/mol. The van der Waals surface area contributed by atoms with E-state index in [9.17, 15) is 0 Å². The van der Waals surface area contributed by atoms with Crippen LogP contribution in [-0.2, 0) is 13.1 Å².